The van der Waals surface area contributed by atoms with Crippen LogP contribution in [-0.2, 0) is 11.3 Å². The monoisotopic (exact) mass is 420 g/mol. The Bertz CT molecular complexity index is 1160. The van der Waals surface area contributed by atoms with Gasteiger partial charge in [-0.2, -0.15) is 5.10 Å². The number of aromatic nitrogens is 2. The average molecular weight is 420 g/mol. The Kier molecular flexibility index (Phi) is 6.49. The van der Waals surface area contributed by atoms with Gasteiger partial charge < -0.3 is 15.4 Å². The number of aryl methyl sites for hydroxylation is 3. The summed E-state index contributed by atoms with van der Waals surface area (Å²) in [4.78, 5) is 37.2. The molecule has 0 aliphatic rings. The fourth-order valence-electron chi connectivity index (χ4n) is 3.24. The molecule has 2 aromatic carbocycles. The molecule has 0 aliphatic heterocycles. The minimum absolute atomic E-state index is 0.0194. The minimum Gasteiger partial charge on any atom is -0.497 e. The largest absolute Gasteiger partial charge is 0.497 e. The van der Waals surface area contributed by atoms with Crippen LogP contribution in [-0.4, -0.2) is 28.7 Å². The van der Waals surface area contributed by atoms with Crippen LogP contribution in [0.15, 0.2) is 53.3 Å². The second-order valence-corrected chi connectivity index (χ2v) is 7.22. The van der Waals surface area contributed by atoms with Crippen molar-refractivity contribution in [3.8, 4) is 5.75 Å². The zero-order valence-electron chi connectivity index (χ0n) is 17.9. The summed E-state index contributed by atoms with van der Waals surface area (Å²) in [7, 11) is 1.55. The van der Waals surface area contributed by atoms with E-state index in [0.717, 1.165) is 21.4 Å². The lowest BCUT2D eigenvalue weighted by Gasteiger charge is -2.13. The number of carbonyl (C=O) groups excluding carboxylic acids is 2. The fourth-order valence-corrected chi connectivity index (χ4v) is 3.24. The molecule has 8 nitrogen and oxygen atoms in total. The molecule has 2 amide bonds. The smallest absolute Gasteiger partial charge is 0.276 e. The lowest BCUT2D eigenvalue weighted by Crippen LogP contribution is -2.31. The molecule has 1 heterocycles. The SMILES string of the molecule is COc1ccc(NC(=O)c2ccc(=O)n(CC(=O)Nc3c(C)cc(C)cc3C)n2)cc1. The molecule has 0 saturated heterocycles. The molecule has 0 spiro atoms. The molecule has 0 unspecified atom stereocenters. The number of hydrogen-bond donors (Lipinski definition) is 2. The van der Waals surface area contributed by atoms with Crippen molar-refractivity contribution in [2.24, 2.45) is 0 Å². The number of ether oxygens (including phenoxy) is 1. The Morgan fingerprint density at radius 2 is 1.61 bits per heavy atom. The number of methoxy groups -OCH3 is 1. The third kappa shape index (κ3) is 5.36. The molecule has 160 valence electrons. The van der Waals surface area contributed by atoms with Gasteiger partial charge in [0.25, 0.3) is 11.5 Å². The zero-order chi connectivity index (χ0) is 22.5. The van der Waals surface area contributed by atoms with Gasteiger partial charge >= 0.3 is 0 Å². The predicted molar refractivity (Wildman–Crippen MR) is 119 cm³/mol. The first-order valence-electron chi connectivity index (χ1n) is 9.68. The summed E-state index contributed by atoms with van der Waals surface area (Å²) in [5.74, 6) is -0.239. The molecule has 3 rings (SSSR count). The molecule has 0 atom stereocenters. The molecular weight excluding hydrogens is 396 g/mol. The summed E-state index contributed by atoms with van der Waals surface area (Å²) in [6.45, 7) is 5.49. The molecule has 0 bridgehead atoms. The van der Waals surface area contributed by atoms with Crippen LogP contribution in [0.4, 0.5) is 11.4 Å². The highest BCUT2D eigenvalue weighted by Gasteiger charge is 2.14. The third-order valence-corrected chi connectivity index (χ3v) is 4.68. The van der Waals surface area contributed by atoms with Crippen LogP contribution in [0, 0.1) is 20.8 Å². The van der Waals surface area contributed by atoms with Gasteiger partial charge in [-0.25, -0.2) is 4.68 Å². The van der Waals surface area contributed by atoms with Gasteiger partial charge in [0, 0.05) is 17.4 Å². The van der Waals surface area contributed by atoms with Crippen LogP contribution in [0.5, 0.6) is 5.75 Å². The molecule has 1 aromatic heterocycles. The molecule has 3 aromatic rings. The van der Waals surface area contributed by atoms with Crippen molar-refractivity contribution in [1.82, 2.24) is 9.78 Å². The van der Waals surface area contributed by atoms with Gasteiger partial charge in [0.2, 0.25) is 5.91 Å². The van der Waals surface area contributed by atoms with Gasteiger partial charge in [0.05, 0.1) is 7.11 Å². The molecule has 0 radical (unpaired) electrons. The number of anilines is 2. The van der Waals surface area contributed by atoms with E-state index in [-0.39, 0.29) is 12.2 Å². The standard InChI is InChI=1S/C23H24N4O4/c1-14-11-15(2)22(16(3)12-14)25-20(28)13-27-21(29)10-9-19(26-27)23(30)24-17-5-7-18(31-4)8-6-17/h5-12H,13H2,1-4H3,(H,24,30)(H,25,28). The second-order valence-electron chi connectivity index (χ2n) is 7.22. The third-order valence-electron chi connectivity index (χ3n) is 4.68. The molecule has 0 aliphatic carbocycles. The Hall–Kier alpha value is -3.94. The van der Waals surface area contributed by atoms with E-state index in [1.807, 2.05) is 32.9 Å². The minimum atomic E-state index is -0.496. The summed E-state index contributed by atoms with van der Waals surface area (Å²) in [6.07, 6.45) is 0. The first-order valence-corrected chi connectivity index (χ1v) is 9.68. The summed E-state index contributed by atoms with van der Waals surface area (Å²) in [6, 6.07) is 13.3. The molecule has 2 N–H and O–H groups in total. The van der Waals surface area contributed by atoms with Gasteiger partial charge in [-0.3, -0.25) is 14.4 Å². The van der Waals surface area contributed by atoms with Crippen molar-refractivity contribution >= 4 is 23.2 Å². The van der Waals surface area contributed by atoms with E-state index >= 15 is 0 Å². The lowest BCUT2D eigenvalue weighted by molar-refractivity contribution is -0.117. The fraction of sp³-hybridized carbons (Fsp3) is 0.217. The van der Waals surface area contributed by atoms with Gasteiger partial charge in [-0.05, 0) is 62.2 Å². The Morgan fingerprint density at radius 1 is 0.968 bits per heavy atom. The van der Waals surface area contributed by atoms with Crippen LogP contribution < -0.4 is 20.9 Å². The number of benzene rings is 2. The van der Waals surface area contributed by atoms with E-state index in [9.17, 15) is 14.4 Å². The average Bonchev–Trinajstić information content (AvgIpc) is 2.72. The number of nitrogens with one attached hydrogen (secondary N) is 2. The summed E-state index contributed by atoms with van der Waals surface area (Å²) in [5.41, 5.74) is 3.75. The van der Waals surface area contributed by atoms with E-state index in [2.05, 4.69) is 15.7 Å². The Labute approximate surface area is 179 Å². The maximum absolute atomic E-state index is 12.5. The Balaban J connectivity index is 1.74. The number of carbonyl (C=O) groups is 2. The molecule has 8 heteroatoms. The predicted octanol–water partition coefficient (Wildman–Crippen LogP) is 3.07. The van der Waals surface area contributed by atoms with Crippen molar-refractivity contribution < 1.29 is 14.3 Å². The molecule has 31 heavy (non-hydrogen) atoms. The van der Waals surface area contributed by atoms with E-state index in [0.29, 0.717) is 17.1 Å². The highest BCUT2D eigenvalue weighted by molar-refractivity contribution is 6.02. The number of nitrogens with zero attached hydrogens (tertiary/aromatic N) is 2. The van der Waals surface area contributed by atoms with Gasteiger partial charge in [0.15, 0.2) is 0 Å². The van der Waals surface area contributed by atoms with E-state index in [4.69, 9.17) is 4.74 Å². The van der Waals surface area contributed by atoms with E-state index in [1.165, 1.54) is 12.1 Å². The number of amides is 2. The quantitative estimate of drug-likeness (QED) is 0.638. The van der Waals surface area contributed by atoms with Gasteiger partial charge in [-0.1, -0.05) is 17.7 Å². The van der Waals surface area contributed by atoms with Crippen molar-refractivity contribution in [2.75, 3.05) is 17.7 Å². The molecule has 0 fully saturated rings. The van der Waals surface area contributed by atoms with Crippen LogP contribution in [0.2, 0.25) is 0 Å². The maximum Gasteiger partial charge on any atom is 0.276 e. The summed E-state index contributed by atoms with van der Waals surface area (Å²) < 4.78 is 6.06. The van der Waals surface area contributed by atoms with Crippen molar-refractivity contribution in [3.05, 3.63) is 81.3 Å². The molecular formula is C23H24N4O4. The van der Waals surface area contributed by atoms with Gasteiger partial charge in [0.1, 0.15) is 18.0 Å². The van der Waals surface area contributed by atoms with E-state index in [1.54, 1.807) is 31.4 Å². The van der Waals surface area contributed by atoms with Crippen LogP contribution >= 0.6 is 0 Å². The van der Waals surface area contributed by atoms with Crippen molar-refractivity contribution in [2.45, 2.75) is 27.3 Å². The normalized spacial score (nSPS) is 10.5. The summed E-state index contributed by atoms with van der Waals surface area (Å²) in [5, 5.41) is 9.58. The lowest BCUT2D eigenvalue weighted by atomic mass is 10.1. The highest BCUT2D eigenvalue weighted by atomic mass is 16.5. The highest BCUT2D eigenvalue weighted by Crippen LogP contribution is 2.21. The zero-order valence-corrected chi connectivity index (χ0v) is 17.9. The van der Waals surface area contributed by atoms with Crippen LogP contribution in [0.25, 0.3) is 0 Å². The number of hydrogen-bond acceptors (Lipinski definition) is 5. The van der Waals surface area contributed by atoms with Crippen LogP contribution in [0.1, 0.15) is 27.2 Å². The van der Waals surface area contributed by atoms with Crippen molar-refractivity contribution in [1.29, 1.82) is 0 Å². The first-order chi connectivity index (χ1) is 14.8. The van der Waals surface area contributed by atoms with Crippen LogP contribution in [0.3, 0.4) is 0 Å². The first kappa shape index (κ1) is 21.8. The molecule has 0 saturated carbocycles. The second kappa shape index (κ2) is 9.25. The maximum atomic E-state index is 12.5. The van der Waals surface area contributed by atoms with E-state index < -0.39 is 17.4 Å². The number of rotatable bonds is 6. The summed E-state index contributed by atoms with van der Waals surface area (Å²) >= 11 is 0. The topological polar surface area (TPSA) is 102 Å². The Morgan fingerprint density at radius 3 is 2.23 bits per heavy atom. The van der Waals surface area contributed by atoms with Crippen molar-refractivity contribution in [3.63, 3.8) is 0 Å². The van der Waals surface area contributed by atoms with Gasteiger partial charge in [-0.15, -0.1) is 0 Å².